The van der Waals surface area contributed by atoms with Gasteiger partial charge in [-0.05, 0) is 58.0 Å². The summed E-state index contributed by atoms with van der Waals surface area (Å²) in [6.45, 7) is -7.65. The zero-order chi connectivity index (χ0) is 100.0. The van der Waals surface area contributed by atoms with Gasteiger partial charge < -0.3 is 231 Å². The number of ether oxygens (including phenoxy) is 14. The number of carboxylic acid groups (broad SMARTS) is 1. The average molecular weight is 1980 g/mol. The predicted molar refractivity (Wildman–Crippen MR) is 449 cm³/mol. The van der Waals surface area contributed by atoms with Crippen molar-refractivity contribution in [1.29, 1.82) is 0 Å². The maximum absolute atomic E-state index is 14.4. The number of carbonyl (C=O) groups excluding carboxylic acids is 5. The number of nitrogens with zero attached hydrogens (tertiary/aromatic N) is 3. The first-order valence-electron chi connectivity index (χ1n) is 45.9. The fourth-order valence-electron chi connectivity index (χ4n) is 15.9. The number of aliphatic carboxylic acids is 1. The van der Waals surface area contributed by atoms with Crippen molar-refractivity contribution < 1.29 is 233 Å². The second kappa shape index (κ2) is 61.3. The number of amides is 5. The highest BCUT2D eigenvalue weighted by Crippen LogP contribution is 2.33. The lowest BCUT2D eigenvalue weighted by Gasteiger charge is -2.46. The Kier molecular flexibility index (Phi) is 53.2. The summed E-state index contributed by atoms with van der Waals surface area (Å²) in [4.78, 5) is 85.9. The molecule has 0 aromatic rings. The zero-order valence-electron chi connectivity index (χ0n) is 75.4. The van der Waals surface area contributed by atoms with Crippen LogP contribution in [0.5, 0.6) is 0 Å². The molecule has 792 valence electrons. The number of carbonyl (C=O) groups is 6. The minimum atomic E-state index is -2.07. The molecule has 7 aliphatic rings. The maximum Gasteiger partial charge on any atom is 0.303 e. The molecule has 55 heteroatoms. The van der Waals surface area contributed by atoms with Gasteiger partial charge in [0.25, 0.3) is 0 Å². The van der Waals surface area contributed by atoms with E-state index in [-0.39, 0.29) is 97.9 Å². The van der Waals surface area contributed by atoms with Gasteiger partial charge in [-0.15, -0.1) is 0 Å². The summed E-state index contributed by atoms with van der Waals surface area (Å²) in [6, 6.07) is -1.46. The average Bonchev–Trinajstić information content (AvgIpc) is 0.779. The third-order valence-corrected chi connectivity index (χ3v) is 24.1. The molecule has 7 rings (SSSR count). The Labute approximate surface area is 782 Å². The molecule has 55 nitrogen and oxygen atoms in total. The first-order valence-corrected chi connectivity index (χ1v) is 45.9. The monoisotopic (exact) mass is 1980 g/mol. The summed E-state index contributed by atoms with van der Waals surface area (Å²) in [6.07, 6.45) is -54.7. The van der Waals surface area contributed by atoms with E-state index >= 15 is 0 Å². The van der Waals surface area contributed by atoms with Gasteiger partial charge in [0.2, 0.25) is 29.5 Å². The standard InChI is InChI=1S/C81H146N8O47/c90-33-41-53(102)60(109)66(115)75(129-41)124-26-21-87(22-27-125-76-67(116)61(110)54(103)42(34-91)130-76)19-10-3-1-7-15-82-48(96)14-13-40(74(122)85-17-8-2-4-11-20-88(23-28-126-77-68(117)62(111)55(104)43(35-92)131-77)24-29-127-78-69(118)63(112)56(105)44(36-93)132-78)86-51(99)32-89(30-49(97)83-16-9-5-6-12-52(100)101)31-50(98)84-18-25-123-80-72(121)73(136-81-71(120)65(114)58(107)46(38-95)134-81)59(108)47(135-80)39-128-79-70(119)64(113)57(106)45(37-94)133-79/h40-47,53-73,75-81,90-95,102-121H,1-39H2,(H,82,96)(H,83,97)(H,84,98)(H,85,122)(H,86,99)(H,100,101)/t40-,41+,42+,43+,44+,45+,46+,47+,53+,54+,55+,56+,57+,58+,59+,60-,61-,62-,63-,64-,65-,66-,67-,68-,69-,70-,71-,72-,73-,75-,76-,77-,78-,79-,80-,81+/m0/s1. The molecule has 136 heavy (non-hydrogen) atoms. The van der Waals surface area contributed by atoms with Crippen molar-refractivity contribution >= 4 is 35.5 Å². The SMILES string of the molecule is O=C(O)CCCCCNC(=O)CN(CC(=O)NCCO[C@H]1O[C@H](CO[C@H]2O[C@H](CO)[C@@H](O)[C@H](O)[C@@H]2O)[C@@H](O)[C@H](O[C@H]2O[C@H](CO)[C@@H](O)[C@H](O)[C@@H]2O)[C@@H]1O)CC(=O)N[C@@H](CCC(=O)NCCCCCCN(CCO[C@H]1O[C@H](CO)[C@@H](O)[C@H](O)[C@@H]1O)CCO[C@H]1O[C@H](CO)[C@@H](O)[C@H](O)[C@@H]1O)C(=O)NCCCCCCN(CCO[C@H]1O[C@H](CO)[C@@H](O)[C@H](O)[C@@H]1O)CCO[C@H]1O[C@H](CO)[C@@H](O)[C@H](O)[C@@H]1O. The third kappa shape index (κ3) is 36.4. The number of hydrogen-bond acceptors (Lipinski definition) is 49. The minimum Gasteiger partial charge on any atom is -0.481 e. The van der Waals surface area contributed by atoms with Crippen molar-refractivity contribution in [1.82, 2.24) is 41.3 Å². The second-order valence-corrected chi connectivity index (χ2v) is 34.4. The molecule has 0 saturated carbocycles. The molecule has 0 aromatic heterocycles. The van der Waals surface area contributed by atoms with Crippen LogP contribution in [-0.2, 0) is 95.1 Å². The quantitative estimate of drug-likeness (QED) is 0.0251. The Morgan fingerprint density at radius 2 is 0.574 bits per heavy atom. The first kappa shape index (κ1) is 118. The van der Waals surface area contributed by atoms with Gasteiger partial charge in [0.15, 0.2) is 44.0 Å². The van der Waals surface area contributed by atoms with Crippen LogP contribution in [0.2, 0.25) is 0 Å². The number of nitrogens with one attached hydrogen (secondary N) is 5. The van der Waals surface area contributed by atoms with Crippen molar-refractivity contribution in [2.45, 2.75) is 311 Å². The Morgan fingerprint density at radius 1 is 0.272 bits per heavy atom. The summed E-state index contributed by atoms with van der Waals surface area (Å²) < 4.78 is 78.7. The molecular formula is C81H146N8O47. The van der Waals surface area contributed by atoms with E-state index < -0.39 is 336 Å². The Balaban J connectivity index is 1.000. The van der Waals surface area contributed by atoms with Crippen molar-refractivity contribution in [3.8, 4) is 0 Å². The van der Waals surface area contributed by atoms with E-state index in [4.69, 9.17) is 71.4 Å². The number of hydrogen-bond donors (Lipinski definition) is 32. The van der Waals surface area contributed by atoms with Crippen LogP contribution in [-0.4, -0.2) is 573 Å². The lowest BCUT2D eigenvalue weighted by molar-refractivity contribution is -0.366. The summed E-state index contributed by atoms with van der Waals surface area (Å²) in [5.41, 5.74) is 0. The number of carboxylic acids is 1. The van der Waals surface area contributed by atoms with Crippen LogP contribution in [0.3, 0.4) is 0 Å². The van der Waals surface area contributed by atoms with Crippen LogP contribution in [0.1, 0.15) is 89.9 Å². The molecule has 32 N–H and O–H groups in total. The van der Waals surface area contributed by atoms with Crippen LogP contribution in [0.15, 0.2) is 0 Å². The van der Waals surface area contributed by atoms with Crippen LogP contribution < -0.4 is 26.6 Å². The van der Waals surface area contributed by atoms with Crippen LogP contribution >= 0.6 is 0 Å². The molecular weight excluding hydrogens is 1840 g/mol. The summed E-state index contributed by atoms with van der Waals surface area (Å²) >= 11 is 0. The number of unbranched alkanes of at least 4 members (excludes halogenated alkanes) is 8. The maximum atomic E-state index is 14.4. The van der Waals surface area contributed by atoms with Gasteiger partial charge >= 0.3 is 5.97 Å². The largest absolute Gasteiger partial charge is 0.481 e. The van der Waals surface area contributed by atoms with E-state index in [2.05, 4.69) is 26.6 Å². The van der Waals surface area contributed by atoms with Crippen LogP contribution in [0.4, 0.5) is 0 Å². The summed E-state index contributed by atoms with van der Waals surface area (Å²) in [5, 5.41) is 292. The van der Waals surface area contributed by atoms with E-state index in [0.717, 1.165) is 4.90 Å². The first-order chi connectivity index (χ1) is 64.9. The highest BCUT2D eigenvalue weighted by atomic mass is 16.8. The van der Waals surface area contributed by atoms with Gasteiger partial charge in [-0.25, -0.2) is 0 Å². The fraction of sp³-hybridized carbons (Fsp3) is 0.926. The molecule has 7 fully saturated rings. The predicted octanol–water partition coefficient (Wildman–Crippen LogP) is -17.9. The van der Waals surface area contributed by atoms with E-state index in [1.165, 1.54) is 0 Å². The van der Waals surface area contributed by atoms with E-state index in [0.29, 0.717) is 77.3 Å². The second-order valence-electron chi connectivity index (χ2n) is 34.4. The lowest BCUT2D eigenvalue weighted by atomic mass is 9.96. The molecule has 0 unspecified atom stereocenters. The Bertz CT molecular complexity index is 3300. The molecule has 0 spiro atoms. The highest BCUT2D eigenvalue weighted by Gasteiger charge is 2.54. The molecule has 0 radical (unpaired) electrons. The highest BCUT2D eigenvalue weighted by molar-refractivity contribution is 5.90. The minimum absolute atomic E-state index is 0.0158. The topological polar surface area (TPSA) is 848 Å². The summed E-state index contributed by atoms with van der Waals surface area (Å²) in [5.74, 6) is -4.85. The number of aliphatic hydroxyl groups is 26. The zero-order valence-corrected chi connectivity index (χ0v) is 75.4. The third-order valence-electron chi connectivity index (χ3n) is 24.1. The van der Waals surface area contributed by atoms with Gasteiger partial charge in [0.05, 0.1) is 98.9 Å². The van der Waals surface area contributed by atoms with Crippen molar-refractivity contribution in [2.75, 3.05) is 164 Å². The molecule has 0 bridgehead atoms. The molecule has 0 aliphatic carbocycles. The molecule has 7 aliphatic heterocycles. The van der Waals surface area contributed by atoms with Gasteiger partial charge in [-0.2, -0.15) is 0 Å². The summed E-state index contributed by atoms with van der Waals surface area (Å²) in [7, 11) is 0. The molecule has 0 aromatic carbocycles. The number of rotatable bonds is 62. The van der Waals surface area contributed by atoms with Gasteiger partial charge in [-0.3, -0.25) is 43.5 Å². The van der Waals surface area contributed by atoms with E-state index in [1.807, 2.05) is 9.80 Å². The van der Waals surface area contributed by atoms with Crippen molar-refractivity contribution in [3.63, 3.8) is 0 Å². The molecule has 5 amide bonds. The van der Waals surface area contributed by atoms with Crippen molar-refractivity contribution in [2.24, 2.45) is 0 Å². The molecule has 7 heterocycles. The van der Waals surface area contributed by atoms with E-state index in [9.17, 15) is 162 Å². The lowest BCUT2D eigenvalue weighted by Crippen LogP contribution is -2.65. The fourth-order valence-corrected chi connectivity index (χ4v) is 15.9. The Hall–Kier alpha value is -4.90. The normalized spacial score (nSPS) is 35.8. The molecule has 36 atom stereocenters. The van der Waals surface area contributed by atoms with E-state index in [1.54, 1.807) is 0 Å². The van der Waals surface area contributed by atoms with Gasteiger partial charge in [0.1, 0.15) is 177 Å². The number of aliphatic hydroxyl groups excluding tert-OH is 26. The van der Waals surface area contributed by atoms with Crippen LogP contribution in [0.25, 0.3) is 0 Å². The van der Waals surface area contributed by atoms with Crippen molar-refractivity contribution in [3.05, 3.63) is 0 Å². The smallest absolute Gasteiger partial charge is 0.303 e. The Morgan fingerprint density at radius 3 is 0.949 bits per heavy atom. The van der Waals surface area contributed by atoms with Gasteiger partial charge in [0, 0.05) is 65.2 Å². The molecule has 7 saturated heterocycles. The van der Waals surface area contributed by atoms with Gasteiger partial charge in [-0.1, -0.05) is 32.1 Å². The van der Waals surface area contributed by atoms with Crippen LogP contribution in [0, 0.1) is 0 Å².